The number of ether oxygens (including phenoxy) is 1. The first-order valence-electron chi connectivity index (χ1n) is 5.12. The van der Waals surface area contributed by atoms with Gasteiger partial charge in [-0.3, -0.25) is 0 Å². The predicted octanol–water partition coefficient (Wildman–Crippen LogP) is 0.862. The summed E-state index contributed by atoms with van der Waals surface area (Å²) in [6.45, 7) is -0.0168. The van der Waals surface area contributed by atoms with Gasteiger partial charge in [0.15, 0.2) is 5.82 Å². The summed E-state index contributed by atoms with van der Waals surface area (Å²) in [6, 6.07) is 5.21. The van der Waals surface area contributed by atoms with Crippen LogP contribution in [0.3, 0.4) is 0 Å². The maximum Gasteiger partial charge on any atom is 0.260 e. The van der Waals surface area contributed by atoms with Gasteiger partial charge in [-0.05, 0) is 12.1 Å². The first-order valence-corrected chi connectivity index (χ1v) is 5.12. The van der Waals surface area contributed by atoms with Gasteiger partial charge in [0.25, 0.3) is 5.89 Å². The number of aliphatic hydroxyl groups excluding tert-OH is 1. The van der Waals surface area contributed by atoms with Gasteiger partial charge in [-0.1, -0.05) is 5.16 Å². The number of benzene rings is 1. The zero-order valence-corrected chi connectivity index (χ0v) is 9.38. The number of nitrogen functional groups attached to an aromatic ring is 1. The second kappa shape index (κ2) is 4.84. The van der Waals surface area contributed by atoms with Crippen LogP contribution in [0.15, 0.2) is 22.7 Å². The molecule has 0 saturated carbocycles. The van der Waals surface area contributed by atoms with E-state index in [1.807, 2.05) is 0 Å². The molecule has 0 radical (unpaired) electrons. The molecule has 0 saturated heterocycles. The van der Waals surface area contributed by atoms with Crippen LogP contribution in [-0.4, -0.2) is 29.0 Å². The zero-order chi connectivity index (χ0) is 12.3. The van der Waals surface area contributed by atoms with Crippen molar-refractivity contribution in [2.24, 2.45) is 0 Å². The van der Waals surface area contributed by atoms with Crippen molar-refractivity contribution in [1.29, 1.82) is 0 Å². The highest BCUT2D eigenvalue weighted by molar-refractivity contribution is 5.71. The minimum atomic E-state index is -0.0168. The van der Waals surface area contributed by atoms with Gasteiger partial charge in [0.2, 0.25) is 0 Å². The van der Waals surface area contributed by atoms with Crippen LogP contribution >= 0.6 is 0 Å². The Bertz CT molecular complexity index is 510. The minimum Gasteiger partial charge on any atom is -0.497 e. The molecule has 0 aliphatic rings. The number of aromatic nitrogens is 2. The van der Waals surface area contributed by atoms with E-state index in [0.29, 0.717) is 35.1 Å². The second-order valence-electron chi connectivity index (χ2n) is 3.44. The molecule has 17 heavy (non-hydrogen) atoms. The average Bonchev–Trinajstić information content (AvgIpc) is 2.78. The van der Waals surface area contributed by atoms with E-state index in [0.717, 1.165) is 0 Å². The van der Waals surface area contributed by atoms with Crippen molar-refractivity contribution in [2.75, 3.05) is 19.5 Å². The topological polar surface area (TPSA) is 94.4 Å². The molecule has 0 bridgehead atoms. The van der Waals surface area contributed by atoms with Crippen LogP contribution in [0.2, 0.25) is 0 Å². The van der Waals surface area contributed by atoms with Gasteiger partial charge >= 0.3 is 0 Å². The number of hydrogen-bond donors (Lipinski definition) is 2. The van der Waals surface area contributed by atoms with E-state index in [1.54, 1.807) is 25.3 Å². The number of anilines is 1. The molecule has 0 amide bonds. The van der Waals surface area contributed by atoms with Crippen LogP contribution in [0.25, 0.3) is 11.5 Å². The van der Waals surface area contributed by atoms with E-state index in [2.05, 4.69) is 10.1 Å². The summed E-state index contributed by atoms with van der Waals surface area (Å²) in [5.74, 6) is 1.47. The predicted molar refractivity (Wildman–Crippen MR) is 61.5 cm³/mol. The van der Waals surface area contributed by atoms with Crippen LogP contribution in [0.4, 0.5) is 5.69 Å². The van der Waals surface area contributed by atoms with Crippen molar-refractivity contribution in [1.82, 2.24) is 10.1 Å². The number of aliphatic hydroxyl groups is 1. The van der Waals surface area contributed by atoms with Gasteiger partial charge in [0.05, 0.1) is 19.3 Å². The first-order chi connectivity index (χ1) is 8.24. The normalized spacial score (nSPS) is 10.5. The van der Waals surface area contributed by atoms with Crippen molar-refractivity contribution in [3.63, 3.8) is 0 Å². The minimum absolute atomic E-state index is 0.0168. The quantitative estimate of drug-likeness (QED) is 0.763. The molecule has 0 atom stereocenters. The molecule has 0 fully saturated rings. The van der Waals surface area contributed by atoms with Crippen LogP contribution in [0, 0.1) is 0 Å². The summed E-state index contributed by atoms with van der Waals surface area (Å²) in [4.78, 5) is 4.13. The highest BCUT2D eigenvalue weighted by Crippen LogP contribution is 2.27. The molecule has 2 aromatic rings. The molecule has 2 rings (SSSR count). The summed E-state index contributed by atoms with van der Waals surface area (Å²) < 4.78 is 10.1. The third-order valence-electron chi connectivity index (χ3n) is 2.29. The van der Waals surface area contributed by atoms with E-state index in [-0.39, 0.29) is 6.61 Å². The zero-order valence-electron chi connectivity index (χ0n) is 9.38. The second-order valence-corrected chi connectivity index (χ2v) is 3.44. The van der Waals surface area contributed by atoms with Crippen LogP contribution in [0.5, 0.6) is 5.75 Å². The number of nitrogens with zero attached hydrogens (tertiary/aromatic N) is 2. The van der Waals surface area contributed by atoms with Gasteiger partial charge in [-0.2, -0.15) is 4.98 Å². The monoisotopic (exact) mass is 235 g/mol. The lowest BCUT2D eigenvalue weighted by molar-refractivity contribution is 0.293. The smallest absolute Gasteiger partial charge is 0.260 e. The molecule has 0 unspecified atom stereocenters. The fourth-order valence-corrected chi connectivity index (χ4v) is 1.43. The Kier molecular flexibility index (Phi) is 3.24. The Labute approximate surface area is 98.0 Å². The maximum absolute atomic E-state index is 8.76. The Balaban J connectivity index is 2.32. The molecule has 0 spiro atoms. The van der Waals surface area contributed by atoms with Crippen molar-refractivity contribution >= 4 is 5.69 Å². The van der Waals surface area contributed by atoms with Gasteiger partial charge < -0.3 is 20.1 Å². The van der Waals surface area contributed by atoms with Crippen LogP contribution < -0.4 is 10.5 Å². The number of nitrogens with two attached hydrogens (primary N) is 1. The van der Waals surface area contributed by atoms with Crippen LogP contribution in [-0.2, 0) is 6.42 Å². The Hall–Kier alpha value is -2.08. The van der Waals surface area contributed by atoms with Gasteiger partial charge in [0.1, 0.15) is 5.75 Å². The maximum atomic E-state index is 8.76. The molecule has 1 aromatic carbocycles. The summed E-state index contributed by atoms with van der Waals surface area (Å²) in [6.07, 6.45) is 0.361. The van der Waals surface area contributed by atoms with Crippen molar-refractivity contribution < 1.29 is 14.4 Å². The molecule has 0 aliphatic heterocycles. The van der Waals surface area contributed by atoms with E-state index >= 15 is 0 Å². The Morgan fingerprint density at radius 3 is 2.94 bits per heavy atom. The van der Waals surface area contributed by atoms with E-state index in [9.17, 15) is 0 Å². The largest absolute Gasteiger partial charge is 0.497 e. The average molecular weight is 235 g/mol. The lowest BCUT2D eigenvalue weighted by Gasteiger charge is -2.03. The van der Waals surface area contributed by atoms with E-state index in [4.69, 9.17) is 20.1 Å². The number of methoxy groups -OCH3 is 1. The molecule has 1 aromatic heterocycles. The SMILES string of the molecule is COc1ccc(-c2nc(CCO)no2)c(N)c1. The van der Waals surface area contributed by atoms with Crippen molar-refractivity contribution in [3.05, 3.63) is 24.0 Å². The molecule has 90 valence electrons. The third kappa shape index (κ3) is 2.36. The van der Waals surface area contributed by atoms with Crippen molar-refractivity contribution in [2.45, 2.75) is 6.42 Å². The number of hydrogen-bond acceptors (Lipinski definition) is 6. The molecular formula is C11H13N3O3. The lowest BCUT2D eigenvalue weighted by Crippen LogP contribution is -1.94. The molecule has 1 heterocycles. The molecule has 0 aliphatic carbocycles. The standard InChI is InChI=1S/C11H13N3O3/c1-16-7-2-3-8(9(12)6-7)11-13-10(4-5-15)14-17-11/h2-3,6,15H,4-5,12H2,1H3. The summed E-state index contributed by atoms with van der Waals surface area (Å²) in [5, 5.41) is 12.5. The van der Waals surface area contributed by atoms with Gasteiger partial charge in [-0.25, -0.2) is 0 Å². The Morgan fingerprint density at radius 2 is 2.29 bits per heavy atom. The van der Waals surface area contributed by atoms with Gasteiger partial charge in [-0.15, -0.1) is 0 Å². The highest BCUT2D eigenvalue weighted by atomic mass is 16.5. The fraction of sp³-hybridized carbons (Fsp3) is 0.273. The van der Waals surface area contributed by atoms with E-state index < -0.39 is 0 Å². The fourth-order valence-electron chi connectivity index (χ4n) is 1.43. The molecular weight excluding hydrogens is 222 g/mol. The van der Waals surface area contributed by atoms with E-state index in [1.165, 1.54) is 0 Å². The lowest BCUT2D eigenvalue weighted by atomic mass is 10.1. The molecule has 6 heteroatoms. The first kappa shape index (κ1) is 11.4. The van der Waals surface area contributed by atoms with Gasteiger partial charge in [0, 0.05) is 18.2 Å². The molecule has 6 nitrogen and oxygen atoms in total. The molecule has 3 N–H and O–H groups in total. The Morgan fingerprint density at radius 1 is 1.47 bits per heavy atom. The third-order valence-corrected chi connectivity index (χ3v) is 2.29. The summed E-state index contributed by atoms with van der Waals surface area (Å²) in [5.41, 5.74) is 7.01. The summed E-state index contributed by atoms with van der Waals surface area (Å²) in [7, 11) is 1.57. The van der Waals surface area contributed by atoms with Crippen molar-refractivity contribution in [3.8, 4) is 17.2 Å². The van der Waals surface area contributed by atoms with Crippen LogP contribution in [0.1, 0.15) is 5.82 Å². The highest BCUT2D eigenvalue weighted by Gasteiger charge is 2.11. The number of rotatable bonds is 4. The summed E-state index contributed by atoms with van der Waals surface area (Å²) >= 11 is 0.